The third-order valence-electron chi connectivity index (χ3n) is 2.05. The molecule has 0 amide bonds. The van der Waals surface area contributed by atoms with Gasteiger partial charge in [0.2, 0.25) is 0 Å². The molecule has 1 aromatic heterocycles. The summed E-state index contributed by atoms with van der Waals surface area (Å²) in [7, 11) is 0. The molecule has 0 aliphatic carbocycles. The van der Waals surface area contributed by atoms with Gasteiger partial charge in [-0.2, -0.15) is 0 Å². The third kappa shape index (κ3) is 3.83. The first kappa shape index (κ1) is 11.1. The molecule has 0 bridgehead atoms. The molecule has 0 saturated heterocycles. The zero-order chi connectivity index (χ0) is 10.6. The van der Waals surface area contributed by atoms with Crippen molar-refractivity contribution in [2.45, 2.75) is 39.7 Å². The predicted octanol–water partition coefficient (Wildman–Crippen LogP) is 1.73. The van der Waals surface area contributed by atoms with Gasteiger partial charge in [-0.05, 0) is 25.3 Å². The molecule has 0 radical (unpaired) electrons. The minimum absolute atomic E-state index is 0.288. The van der Waals surface area contributed by atoms with Crippen LogP contribution in [0, 0.1) is 12.8 Å². The maximum atomic E-state index is 9.70. The van der Waals surface area contributed by atoms with Crippen LogP contribution < -0.4 is 0 Å². The Kier molecular flexibility index (Phi) is 4.01. The van der Waals surface area contributed by atoms with Gasteiger partial charge in [0.1, 0.15) is 6.33 Å². The lowest BCUT2D eigenvalue weighted by Gasteiger charge is -2.12. The summed E-state index contributed by atoms with van der Waals surface area (Å²) in [4.78, 5) is 8.13. The van der Waals surface area contributed by atoms with Crippen molar-refractivity contribution in [3.63, 3.8) is 0 Å². The first-order valence-electron chi connectivity index (χ1n) is 5.03. The second-order valence-corrected chi connectivity index (χ2v) is 4.14. The Morgan fingerprint density at radius 1 is 1.36 bits per heavy atom. The van der Waals surface area contributed by atoms with Crippen molar-refractivity contribution >= 4 is 0 Å². The molecule has 0 aromatic carbocycles. The summed E-state index contributed by atoms with van der Waals surface area (Å²) in [5, 5.41) is 9.70. The molecule has 1 rings (SSSR count). The largest absolute Gasteiger partial charge is 0.393 e. The fourth-order valence-electron chi connectivity index (χ4n) is 1.49. The number of rotatable bonds is 4. The Hall–Kier alpha value is -0.960. The molecule has 1 N–H and O–H groups in total. The molecule has 1 atom stereocenters. The zero-order valence-corrected chi connectivity index (χ0v) is 9.07. The van der Waals surface area contributed by atoms with E-state index in [0.29, 0.717) is 12.3 Å². The van der Waals surface area contributed by atoms with Crippen molar-refractivity contribution in [3.8, 4) is 0 Å². The Bertz CT molecular complexity index is 286. The van der Waals surface area contributed by atoms with Gasteiger partial charge in [-0.1, -0.05) is 13.8 Å². The lowest BCUT2D eigenvalue weighted by molar-refractivity contribution is 0.148. The van der Waals surface area contributed by atoms with Gasteiger partial charge in [0.05, 0.1) is 6.10 Å². The second-order valence-electron chi connectivity index (χ2n) is 4.14. The maximum absolute atomic E-state index is 9.70. The molecule has 0 aliphatic rings. The van der Waals surface area contributed by atoms with Crippen LogP contribution in [0.2, 0.25) is 0 Å². The van der Waals surface area contributed by atoms with Crippen LogP contribution in [0.4, 0.5) is 0 Å². The van der Waals surface area contributed by atoms with E-state index in [1.165, 1.54) is 0 Å². The van der Waals surface area contributed by atoms with E-state index >= 15 is 0 Å². The molecule has 0 aliphatic heterocycles. The fraction of sp³-hybridized carbons (Fsp3) is 0.636. The van der Waals surface area contributed by atoms with Crippen molar-refractivity contribution < 1.29 is 5.11 Å². The summed E-state index contributed by atoms with van der Waals surface area (Å²) < 4.78 is 0. The van der Waals surface area contributed by atoms with Gasteiger partial charge < -0.3 is 5.11 Å². The van der Waals surface area contributed by atoms with Crippen LogP contribution in [0.25, 0.3) is 0 Å². The molecular formula is C11H18N2O. The van der Waals surface area contributed by atoms with Crippen molar-refractivity contribution in [2.24, 2.45) is 5.92 Å². The number of nitrogens with zero attached hydrogens (tertiary/aromatic N) is 2. The highest BCUT2D eigenvalue weighted by atomic mass is 16.3. The number of aromatic nitrogens is 2. The van der Waals surface area contributed by atoms with E-state index in [1.807, 2.05) is 13.0 Å². The number of aliphatic hydroxyl groups excluding tert-OH is 1. The van der Waals surface area contributed by atoms with E-state index in [0.717, 1.165) is 17.8 Å². The SMILES string of the molecule is Cc1cc(CC(O)CC(C)C)ncn1. The van der Waals surface area contributed by atoms with E-state index in [-0.39, 0.29) is 6.10 Å². The van der Waals surface area contributed by atoms with Crippen molar-refractivity contribution in [1.82, 2.24) is 9.97 Å². The number of hydrogen-bond donors (Lipinski definition) is 1. The third-order valence-corrected chi connectivity index (χ3v) is 2.05. The zero-order valence-electron chi connectivity index (χ0n) is 9.07. The average molecular weight is 194 g/mol. The van der Waals surface area contributed by atoms with Gasteiger partial charge in [0, 0.05) is 17.8 Å². The van der Waals surface area contributed by atoms with Crippen LogP contribution in [0.1, 0.15) is 31.7 Å². The Labute approximate surface area is 85.2 Å². The molecule has 78 valence electrons. The quantitative estimate of drug-likeness (QED) is 0.794. The van der Waals surface area contributed by atoms with Gasteiger partial charge >= 0.3 is 0 Å². The molecule has 14 heavy (non-hydrogen) atoms. The van der Waals surface area contributed by atoms with Gasteiger partial charge in [-0.25, -0.2) is 9.97 Å². The molecule has 3 nitrogen and oxygen atoms in total. The lowest BCUT2D eigenvalue weighted by Crippen LogP contribution is -2.14. The van der Waals surface area contributed by atoms with Crippen LogP contribution in [0.15, 0.2) is 12.4 Å². The standard InChI is InChI=1S/C11H18N2O/c1-8(2)4-11(14)6-10-5-9(3)12-7-13-10/h5,7-8,11,14H,4,6H2,1-3H3. The van der Waals surface area contributed by atoms with E-state index in [9.17, 15) is 5.11 Å². The molecule has 1 heterocycles. The van der Waals surface area contributed by atoms with E-state index in [1.54, 1.807) is 6.33 Å². The van der Waals surface area contributed by atoms with E-state index < -0.39 is 0 Å². The number of aliphatic hydroxyl groups is 1. The molecule has 0 spiro atoms. The summed E-state index contributed by atoms with van der Waals surface area (Å²) in [6, 6.07) is 1.92. The Morgan fingerprint density at radius 3 is 2.64 bits per heavy atom. The van der Waals surface area contributed by atoms with Gasteiger partial charge in [0.25, 0.3) is 0 Å². The maximum Gasteiger partial charge on any atom is 0.115 e. The monoisotopic (exact) mass is 194 g/mol. The Morgan fingerprint density at radius 2 is 2.07 bits per heavy atom. The van der Waals surface area contributed by atoms with Gasteiger partial charge in [-0.15, -0.1) is 0 Å². The first-order valence-corrected chi connectivity index (χ1v) is 5.03. The van der Waals surface area contributed by atoms with Crippen molar-refractivity contribution in [2.75, 3.05) is 0 Å². The molecule has 0 saturated carbocycles. The predicted molar refractivity (Wildman–Crippen MR) is 55.9 cm³/mol. The second kappa shape index (κ2) is 5.05. The lowest BCUT2D eigenvalue weighted by atomic mass is 10.0. The summed E-state index contributed by atoms with van der Waals surface area (Å²) in [5.41, 5.74) is 1.87. The number of aryl methyl sites for hydroxylation is 1. The summed E-state index contributed by atoms with van der Waals surface area (Å²) in [6.07, 6.45) is 2.71. The summed E-state index contributed by atoms with van der Waals surface area (Å²) >= 11 is 0. The van der Waals surface area contributed by atoms with Crippen LogP contribution in [-0.4, -0.2) is 21.2 Å². The van der Waals surface area contributed by atoms with E-state index in [2.05, 4.69) is 23.8 Å². The fourth-order valence-corrected chi connectivity index (χ4v) is 1.49. The minimum atomic E-state index is -0.288. The molecule has 0 fully saturated rings. The molecule has 1 aromatic rings. The van der Waals surface area contributed by atoms with Crippen molar-refractivity contribution in [1.29, 1.82) is 0 Å². The van der Waals surface area contributed by atoms with Crippen LogP contribution in [-0.2, 0) is 6.42 Å². The molecular weight excluding hydrogens is 176 g/mol. The van der Waals surface area contributed by atoms with Gasteiger partial charge in [-0.3, -0.25) is 0 Å². The average Bonchev–Trinajstić information content (AvgIpc) is 2.01. The normalized spacial score (nSPS) is 13.2. The Balaban J connectivity index is 2.51. The molecule has 1 unspecified atom stereocenters. The van der Waals surface area contributed by atoms with Crippen molar-refractivity contribution in [3.05, 3.63) is 23.8 Å². The minimum Gasteiger partial charge on any atom is -0.393 e. The number of hydrogen-bond acceptors (Lipinski definition) is 3. The topological polar surface area (TPSA) is 46.0 Å². The van der Waals surface area contributed by atoms with Crippen LogP contribution in [0.3, 0.4) is 0 Å². The van der Waals surface area contributed by atoms with Crippen LogP contribution in [0.5, 0.6) is 0 Å². The molecule has 3 heteroatoms. The highest BCUT2D eigenvalue weighted by Gasteiger charge is 2.08. The van der Waals surface area contributed by atoms with Gasteiger partial charge in [0.15, 0.2) is 0 Å². The summed E-state index contributed by atoms with van der Waals surface area (Å²) in [6.45, 7) is 6.14. The van der Waals surface area contributed by atoms with E-state index in [4.69, 9.17) is 0 Å². The first-order chi connectivity index (χ1) is 6.58. The smallest absolute Gasteiger partial charge is 0.115 e. The van der Waals surface area contributed by atoms with Crippen LogP contribution >= 0.6 is 0 Å². The summed E-state index contributed by atoms with van der Waals surface area (Å²) in [5.74, 6) is 0.521. The highest BCUT2D eigenvalue weighted by molar-refractivity contribution is 5.07. The highest BCUT2D eigenvalue weighted by Crippen LogP contribution is 2.09.